The number of nitrogens with zero attached hydrogens (tertiary/aromatic N) is 3. The zero-order chi connectivity index (χ0) is 21.2. The van der Waals surface area contributed by atoms with Gasteiger partial charge in [-0.1, -0.05) is 24.3 Å². The topological polar surface area (TPSA) is 43.9 Å². The number of aryl methyl sites for hydroxylation is 1. The van der Waals surface area contributed by atoms with Crippen molar-refractivity contribution in [2.75, 3.05) is 44.2 Å². The first kappa shape index (κ1) is 20.3. The zero-order valence-corrected chi connectivity index (χ0v) is 18.2. The summed E-state index contributed by atoms with van der Waals surface area (Å²) >= 11 is 0. The van der Waals surface area contributed by atoms with Crippen LogP contribution in [0.1, 0.15) is 57.5 Å². The molecule has 0 saturated carbocycles. The third-order valence-corrected chi connectivity index (χ3v) is 7.07. The molecule has 0 aromatic heterocycles. The minimum Gasteiger partial charge on any atom is -0.369 e. The van der Waals surface area contributed by atoms with Crippen LogP contribution >= 0.6 is 0 Å². The van der Waals surface area contributed by atoms with E-state index in [9.17, 15) is 9.59 Å². The Bertz CT molecular complexity index is 943. The van der Waals surface area contributed by atoms with Crippen LogP contribution < -0.4 is 4.90 Å². The molecule has 0 atom stereocenters. The molecule has 2 aliphatic heterocycles. The first-order valence-corrected chi connectivity index (χ1v) is 11.8. The van der Waals surface area contributed by atoms with Gasteiger partial charge in [0.15, 0.2) is 0 Å². The lowest BCUT2D eigenvalue weighted by molar-refractivity contribution is 0.0650. The highest BCUT2D eigenvalue weighted by atomic mass is 16.2. The van der Waals surface area contributed by atoms with Gasteiger partial charge in [-0.2, -0.15) is 0 Å². The normalized spacial score (nSPS) is 19.0. The molecule has 2 amide bonds. The van der Waals surface area contributed by atoms with Crippen molar-refractivity contribution in [3.05, 3.63) is 64.7 Å². The molecule has 0 unspecified atom stereocenters. The van der Waals surface area contributed by atoms with E-state index in [1.54, 1.807) is 23.3 Å². The highest BCUT2D eigenvalue weighted by molar-refractivity contribution is 6.21. The molecule has 5 nitrogen and oxygen atoms in total. The van der Waals surface area contributed by atoms with Gasteiger partial charge in [-0.25, -0.2) is 0 Å². The second-order valence-electron chi connectivity index (χ2n) is 8.97. The molecular weight excluding hydrogens is 386 g/mol. The van der Waals surface area contributed by atoms with E-state index in [2.05, 4.69) is 28.0 Å². The number of piperazine rings is 1. The van der Waals surface area contributed by atoms with E-state index in [1.807, 2.05) is 12.1 Å². The molecular formula is C26H31N3O2. The van der Waals surface area contributed by atoms with Crippen LogP contribution in [0.5, 0.6) is 0 Å². The molecule has 0 radical (unpaired) electrons. The van der Waals surface area contributed by atoms with Gasteiger partial charge in [0.05, 0.1) is 11.1 Å². The van der Waals surface area contributed by atoms with Crippen molar-refractivity contribution < 1.29 is 9.59 Å². The maximum Gasteiger partial charge on any atom is 0.261 e. The van der Waals surface area contributed by atoms with Crippen LogP contribution in [0.15, 0.2) is 42.5 Å². The SMILES string of the molecule is O=C1c2ccccc2C(=O)N1CCCCN1CCN(c2cccc3c2CCCC3)CC1. The predicted molar refractivity (Wildman–Crippen MR) is 123 cm³/mol. The van der Waals surface area contributed by atoms with E-state index in [0.29, 0.717) is 17.7 Å². The van der Waals surface area contributed by atoms with Crippen molar-refractivity contribution in [2.45, 2.75) is 38.5 Å². The van der Waals surface area contributed by atoms with Gasteiger partial charge >= 0.3 is 0 Å². The maximum atomic E-state index is 12.5. The second kappa shape index (κ2) is 8.83. The largest absolute Gasteiger partial charge is 0.369 e. The fraction of sp³-hybridized carbons (Fsp3) is 0.462. The summed E-state index contributed by atoms with van der Waals surface area (Å²) in [4.78, 5) is 31.4. The van der Waals surface area contributed by atoms with Gasteiger partial charge < -0.3 is 4.90 Å². The number of amides is 2. The Morgan fingerprint density at radius 3 is 2.13 bits per heavy atom. The Kier molecular flexibility index (Phi) is 5.77. The van der Waals surface area contributed by atoms with Crippen LogP contribution in [-0.2, 0) is 12.8 Å². The Labute approximate surface area is 184 Å². The maximum absolute atomic E-state index is 12.5. The summed E-state index contributed by atoms with van der Waals surface area (Å²) in [5, 5.41) is 0. The molecule has 2 aromatic rings. The van der Waals surface area contributed by atoms with Crippen LogP contribution in [0, 0.1) is 0 Å². The standard InChI is InChI=1S/C26H31N3O2/c30-25-22-11-3-4-12-23(22)26(31)29(25)15-6-5-14-27-16-18-28(19-17-27)24-13-7-9-20-8-1-2-10-21(20)24/h3-4,7,9,11-13H,1-2,5-6,8,10,14-19H2. The fourth-order valence-corrected chi connectivity index (χ4v) is 5.32. The molecule has 1 aliphatic carbocycles. The molecule has 0 bridgehead atoms. The quantitative estimate of drug-likeness (QED) is 0.530. The summed E-state index contributed by atoms with van der Waals surface area (Å²) in [6, 6.07) is 14.0. The average molecular weight is 418 g/mol. The van der Waals surface area contributed by atoms with Gasteiger partial charge in [0, 0.05) is 38.4 Å². The lowest BCUT2D eigenvalue weighted by Gasteiger charge is -2.38. The van der Waals surface area contributed by atoms with Crippen molar-refractivity contribution >= 4 is 17.5 Å². The smallest absolute Gasteiger partial charge is 0.261 e. The Morgan fingerprint density at radius 1 is 0.710 bits per heavy atom. The van der Waals surface area contributed by atoms with Gasteiger partial charge in [-0.3, -0.25) is 19.4 Å². The van der Waals surface area contributed by atoms with Gasteiger partial charge in [0.25, 0.3) is 11.8 Å². The molecule has 5 heteroatoms. The number of hydrogen-bond donors (Lipinski definition) is 0. The molecule has 0 spiro atoms. The van der Waals surface area contributed by atoms with Gasteiger partial charge in [0.2, 0.25) is 0 Å². The van der Waals surface area contributed by atoms with Gasteiger partial charge in [0.1, 0.15) is 0 Å². The first-order valence-electron chi connectivity index (χ1n) is 11.8. The minimum atomic E-state index is -0.139. The lowest BCUT2D eigenvalue weighted by atomic mass is 9.90. The monoisotopic (exact) mass is 417 g/mol. The number of rotatable bonds is 6. The Balaban J connectivity index is 1.08. The summed E-state index contributed by atoms with van der Waals surface area (Å²) in [5.74, 6) is -0.277. The molecule has 31 heavy (non-hydrogen) atoms. The fourth-order valence-electron chi connectivity index (χ4n) is 5.32. The molecule has 162 valence electrons. The summed E-state index contributed by atoms with van der Waals surface area (Å²) < 4.78 is 0. The van der Waals surface area contributed by atoms with Crippen LogP contribution in [0.4, 0.5) is 5.69 Å². The van der Waals surface area contributed by atoms with E-state index in [4.69, 9.17) is 0 Å². The average Bonchev–Trinajstić information content (AvgIpc) is 3.07. The number of imide groups is 1. The molecule has 2 heterocycles. The summed E-state index contributed by atoms with van der Waals surface area (Å²) in [6.45, 7) is 5.86. The molecule has 2 aromatic carbocycles. The van der Waals surface area contributed by atoms with Crippen molar-refractivity contribution in [1.82, 2.24) is 9.80 Å². The number of hydrogen-bond acceptors (Lipinski definition) is 4. The highest BCUT2D eigenvalue weighted by Gasteiger charge is 2.34. The molecule has 0 N–H and O–H groups in total. The van der Waals surface area contributed by atoms with E-state index in [1.165, 1.54) is 36.3 Å². The number of anilines is 1. The van der Waals surface area contributed by atoms with Crippen molar-refractivity contribution in [3.8, 4) is 0 Å². The predicted octanol–water partition coefficient (Wildman–Crippen LogP) is 3.76. The third kappa shape index (κ3) is 3.99. The number of carbonyl (C=O) groups is 2. The zero-order valence-electron chi connectivity index (χ0n) is 18.2. The van der Waals surface area contributed by atoms with E-state index in [-0.39, 0.29) is 11.8 Å². The molecule has 5 rings (SSSR count). The number of carbonyl (C=O) groups excluding carboxylic acids is 2. The summed E-state index contributed by atoms with van der Waals surface area (Å²) in [7, 11) is 0. The lowest BCUT2D eigenvalue weighted by Crippen LogP contribution is -2.47. The minimum absolute atomic E-state index is 0.139. The number of unbranched alkanes of at least 4 members (excludes halogenated alkanes) is 1. The van der Waals surface area contributed by atoms with Crippen molar-refractivity contribution in [3.63, 3.8) is 0 Å². The van der Waals surface area contributed by atoms with E-state index < -0.39 is 0 Å². The molecule has 3 aliphatic rings. The number of fused-ring (bicyclic) bond motifs is 2. The third-order valence-electron chi connectivity index (χ3n) is 7.07. The van der Waals surface area contributed by atoms with Crippen LogP contribution in [-0.4, -0.2) is 60.9 Å². The highest BCUT2D eigenvalue weighted by Crippen LogP contribution is 2.31. The molecule has 1 saturated heterocycles. The van der Waals surface area contributed by atoms with Crippen LogP contribution in [0.2, 0.25) is 0 Å². The number of benzene rings is 2. The summed E-state index contributed by atoms with van der Waals surface area (Å²) in [5.41, 5.74) is 5.70. The Hall–Kier alpha value is -2.66. The first-order chi connectivity index (χ1) is 15.2. The van der Waals surface area contributed by atoms with Crippen LogP contribution in [0.25, 0.3) is 0 Å². The van der Waals surface area contributed by atoms with Gasteiger partial charge in [-0.15, -0.1) is 0 Å². The second-order valence-corrected chi connectivity index (χ2v) is 8.97. The van der Waals surface area contributed by atoms with Gasteiger partial charge in [-0.05, 0) is 74.4 Å². The Morgan fingerprint density at radius 2 is 1.39 bits per heavy atom. The van der Waals surface area contributed by atoms with Crippen LogP contribution in [0.3, 0.4) is 0 Å². The van der Waals surface area contributed by atoms with E-state index >= 15 is 0 Å². The summed E-state index contributed by atoms with van der Waals surface area (Å²) in [6.07, 6.45) is 6.97. The van der Waals surface area contributed by atoms with Crippen molar-refractivity contribution in [1.29, 1.82) is 0 Å². The van der Waals surface area contributed by atoms with E-state index in [0.717, 1.165) is 45.6 Å². The molecule has 1 fully saturated rings. The van der Waals surface area contributed by atoms with Crippen molar-refractivity contribution in [2.24, 2.45) is 0 Å².